The third-order valence-corrected chi connectivity index (χ3v) is 3.71. The van der Waals surface area contributed by atoms with E-state index >= 15 is 0 Å². The number of Topliss-reactive ketones (excluding diaryl/α,β-unsaturated/α-hetero) is 2. The van der Waals surface area contributed by atoms with E-state index in [2.05, 4.69) is 0 Å². The molecule has 9 nitrogen and oxygen atoms in total. The summed E-state index contributed by atoms with van der Waals surface area (Å²) in [6, 6.07) is 5.64. The Kier molecular flexibility index (Phi) is 2.99. The summed E-state index contributed by atoms with van der Waals surface area (Å²) in [6.45, 7) is 0. The molecule has 0 aromatic heterocycles. The standard InChI is InChI=1S/C14H6N2O7/c17-9-5-8-10(12(16(22)23)11(9)15(20)21)6-3-1-2-4-7(6)13(18)14(8)19/h1-5,10H. The van der Waals surface area contributed by atoms with E-state index in [1.54, 1.807) is 0 Å². The van der Waals surface area contributed by atoms with Gasteiger partial charge >= 0.3 is 11.4 Å². The number of nitrogens with zero attached hydrogens (tertiary/aromatic N) is 2. The molecule has 0 bridgehead atoms. The maximum atomic E-state index is 12.1. The summed E-state index contributed by atoms with van der Waals surface area (Å²) in [5.41, 5.74) is -2.56. The molecule has 2 aliphatic carbocycles. The molecule has 3 rings (SSSR count). The van der Waals surface area contributed by atoms with Crippen LogP contribution in [0.2, 0.25) is 0 Å². The zero-order valence-corrected chi connectivity index (χ0v) is 11.2. The lowest BCUT2D eigenvalue weighted by Crippen LogP contribution is -2.36. The largest absolute Gasteiger partial charge is 0.389 e. The van der Waals surface area contributed by atoms with Crippen molar-refractivity contribution in [3.05, 3.63) is 78.7 Å². The number of benzene rings is 1. The number of carbonyl (C=O) groups excluding carboxylic acids is 3. The summed E-state index contributed by atoms with van der Waals surface area (Å²) in [7, 11) is 0. The number of hydrogen-bond donors (Lipinski definition) is 0. The molecular weight excluding hydrogens is 308 g/mol. The monoisotopic (exact) mass is 314 g/mol. The molecule has 0 heterocycles. The number of hydrogen-bond acceptors (Lipinski definition) is 7. The van der Waals surface area contributed by atoms with Crippen molar-refractivity contribution < 1.29 is 24.2 Å². The molecule has 0 aliphatic heterocycles. The SMILES string of the molecule is O=C1C=C2C(=O)C(=O)c3ccccc3C2C([N+](=O)[O-])=C1[N+](=O)[O-]. The van der Waals surface area contributed by atoms with Crippen LogP contribution in [0.15, 0.2) is 47.3 Å². The summed E-state index contributed by atoms with van der Waals surface area (Å²) in [6.07, 6.45) is 0.645. The normalized spacial score (nSPS) is 19.9. The van der Waals surface area contributed by atoms with Crippen molar-refractivity contribution in [3.8, 4) is 0 Å². The van der Waals surface area contributed by atoms with Gasteiger partial charge in [0.1, 0.15) is 5.92 Å². The lowest BCUT2D eigenvalue weighted by Gasteiger charge is -2.25. The summed E-state index contributed by atoms with van der Waals surface area (Å²) in [5, 5.41) is 22.4. The first kappa shape index (κ1) is 14.4. The second-order valence-electron chi connectivity index (χ2n) is 4.89. The van der Waals surface area contributed by atoms with Crippen molar-refractivity contribution in [2.24, 2.45) is 0 Å². The number of allylic oxidation sites excluding steroid dienone is 2. The molecule has 0 saturated heterocycles. The molecule has 0 spiro atoms. The second-order valence-corrected chi connectivity index (χ2v) is 4.89. The molecule has 1 atom stereocenters. The Hall–Kier alpha value is -3.49. The smallest absolute Gasteiger partial charge is 0.285 e. The van der Waals surface area contributed by atoms with Gasteiger partial charge in [-0.25, -0.2) is 0 Å². The highest BCUT2D eigenvalue weighted by Crippen LogP contribution is 2.43. The van der Waals surface area contributed by atoms with Crippen LogP contribution < -0.4 is 0 Å². The Morgan fingerprint density at radius 3 is 2.17 bits per heavy atom. The third-order valence-electron chi connectivity index (χ3n) is 3.71. The minimum absolute atomic E-state index is 0.0592. The molecular formula is C14H6N2O7. The lowest BCUT2D eigenvalue weighted by molar-refractivity contribution is -0.470. The highest BCUT2D eigenvalue weighted by atomic mass is 16.6. The van der Waals surface area contributed by atoms with Gasteiger partial charge < -0.3 is 0 Å². The van der Waals surface area contributed by atoms with Crippen LogP contribution in [-0.2, 0) is 9.59 Å². The maximum absolute atomic E-state index is 12.1. The van der Waals surface area contributed by atoms with Gasteiger partial charge in [-0.1, -0.05) is 24.3 Å². The molecule has 0 amide bonds. The van der Waals surface area contributed by atoms with Gasteiger partial charge in [-0.2, -0.15) is 0 Å². The van der Waals surface area contributed by atoms with E-state index in [1.165, 1.54) is 24.3 Å². The minimum Gasteiger partial charge on any atom is -0.285 e. The van der Waals surface area contributed by atoms with Crippen LogP contribution in [0.25, 0.3) is 0 Å². The Morgan fingerprint density at radius 2 is 1.57 bits per heavy atom. The van der Waals surface area contributed by atoms with Gasteiger partial charge in [-0.3, -0.25) is 34.6 Å². The molecule has 0 N–H and O–H groups in total. The van der Waals surface area contributed by atoms with Crippen LogP contribution in [-0.4, -0.2) is 27.2 Å². The van der Waals surface area contributed by atoms with Crippen LogP contribution in [0.3, 0.4) is 0 Å². The van der Waals surface area contributed by atoms with E-state index in [1.807, 2.05) is 0 Å². The molecule has 1 unspecified atom stereocenters. The molecule has 2 aliphatic rings. The van der Waals surface area contributed by atoms with E-state index in [0.29, 0.717) is 6.08 Å². The Balaban J connectivity index is 2.39. The second kappa shape index (κ2) is 4.77. The number of rotatable bonds is 2. The van der Waals surface area contributed by atoms with E-state index in [9.17, 15) is 34.6 Å². The topological polar surface area (TPSA) is 137 Å². The Bertz CT molecular complexity index is 894. The van der Waals surface area contributed by atoms with Gasteiger partial charge in [0.15, 0.2) is 0 Å². The molecule has 1 aromatic rings. The fraction of sp³-hybridized carbons (Fsp3) is 0.0714. The van der Waals surface area contributed by atoms with Gasteiger partial charge in [0.2, 0.25) is 11.6 Å². The zero-order valence-electron chi connectivity index (χ0n) is 11.2. The highest BCUT2D eigenvalue weighted by Gasteiger charge is 2.52. The van der Waals surface area contributed by atoms with E-state index in [4.69, 9.17) is 0 Å². The first-order chi connectivity index (χ1) is 10.8. The van der Waals surface area contributed by atoms with Crippen molar-refractivity contribution in [2.45, 2.75) is 5.92 Å². The van der Waals surface area contributed by atoms with Crippen molar-refractivity contribution >= 4 is 17.3 Å². The number of nitro groups is 2. The number of ketones is 3. The predicted molar refractivity (Wildman–Crippen MR) is 72.6 cm³/mol. The summed E-state index contributed by atoms with van der Waals surface area (Å²) >= 11 is 0. The molecule has 0 saturated carbocycles. The van der Waals surface area contributed by atoms with Gasteiger partial charge in [0.05, 0.1) is 9.85 Å². The van der Waals surface area contributed by atoms with Crippen LogP contribution in [0.5, 0.6) is 0 Å². The highest BCUT2D eigenvalue weighted by molar-refractivity contribution is 6.51. The molecule has 1 aromatic carbocycles. The molecule has 23 heavy (non-hydrogen) atoms. The van der Waals surface area contributed by atoms with Crippen molar-refractivity contribution in [3.63, 3.8) is 0 Å². The summed E-state index contributed by atoms with van der Waals surface area (Å²) < 4.78 is 0. The van der Waals surface area contributed by atoms with Crippen molar-refractivity contribution in [1.29, 1.82) is 0 Å². The van der Waals surface area contributed by atoms with Crippen LogP contribution in [0.4, 0.5) is 0 Å². The number of fused-ring (bicyclic) bond motifs is 3. The van der Waals surface area contributed by atoms with Crippen LogP contribution >= 0.6 is 0 Å². The van der Waals surface area contributed by atoms with Gasteiger partial charge in [-0.05, 0) is 5.56 Å². The van der Waals surface area contributed by atoms with Gasteiger partial charge in [0.25, 0.3) is 5.78 Å². The molecule has 0 radical (unpaired) electrons. The van der Waals surface area contributed by atoms with Gasteiger partial charge in [0, 0.05) is 17.2 Å². The zero-order chi connectivity index (χ0) is 16.9. The summed E-state index contributed by atoms with van der Waals surface area (Å²) in [5.74, 6) is -4.65. The lowest BCUT2D eigenvalue weighted by atomic mass is 9.73. The Morgan fingerprint density at radius 1 is 0.913 bits per heavy atom. The average molecular weight is 314 g/mol. The van der Waals surface area contributed by atoms with Crippen LogP contribution in [0, 0.1) is 20.2 Å². The van der Waals surface area contributed by atoms with Crippen molar-refractivity contribution in [2.75, 3.05) is 0 Å². The predicted octanol–water partition coefficient (Wildman–Crippen LogP) is 0.810. The maximum Gasteiger partial charge on any atom is 0.389 e. The van der Waals surface area contributed by atoms with Crippen molar-refractivity contribution in [1.82, 2.24) is 0 Å². The fourth-order valence-electron chi connectivity index (χ4n) is 2.80. The Labute approximate surface area is 127 Å². The van der Waals surface area contributed by atoms with Gasteiger partial charge in [-0.15, -0.1) is 0 Å². The number of carbonyl (C=O) groups is 3. The summed E-state index contributed by atoms with van der Waals surface area (Å²) in [4.78, 5) is 56.2. The first-order valence-electron chi connectivity index (χ1n) is 6.31. The van der Waals surface area contributed by atoms with Crippen LogP contribution in [0.1, 0.15) is 21.8 Å². The molecule has 9 heteroatoms. The molecule has 114 valence electrons. The minimum atomic E-state index is -1.41. The van der Waals surface area contributed by atoms with E-state index in [0.717, 1.165) is 0 Å². The van der Waals surface area contributed by atoms with E-state index in [-0.39, 0.29) is 11.1 Å². The molecule has 0 fully saturated rings. The quantitative estimate of drug-likeness (QED) is 0.447. The first-order valence-corrected chi connectivity index (χ1v) is 6.31. The van der Waals surface area contributed by atoms with E-state index < -0.39 is 50.1 Å². The average Bonchev–Trinajstić information content (AvgIpc) is 2.51. The third kappa shape index (κ3) is 1.90. The fourth-order valence-corrected chi connectivity index (χ4v) is 2.80.